The van der Waals surface area contributed by atoms with Gasteiger partial charge in [0, 0.05) is 41.9 Å². The van der Waals surface area contributed by atoms with Crippen molar-refractivity contribution in [3.8, 4) is 11.1 Å². The molecule has 24 heavy (non-hydrogen) atoms. The molecule has 0 spiro atoms. The van der Waals surface area contributed by atoms with Crippen molar-refractivity contribution in [3.05, 3.63) is 47.5 Å². The van der Waals surface area contributed by atoms with E-state index in [2.05, 4.69) is 26.3 Å². The predicted molar refractivity (Wildman–Crippen MR) is 95.9 cm³/mol. The van der Waals surface area contributed by atoms with Crippen molar-refractivity contribution in [1.82, 2.24) is 15.0 Å². The van der Waals surface area contributed by atoms with Gasteiger partial charge in [-0.25, -0.2) is 15.0 Å². The van der Waals surface area contributed by atoms with E-state index in [1.54, 1.807) is 0 Å². The number of hydrogen-bond acceptors (Lipinski definition) is 4. The number of carbonyl (C=O) groups excluding carboxylic acids is 1. The van der Waals surface area contributed by atoms with Crippen LogP contribution in [-0.2, 0) is 11.2 Å². The molecular weight excluding hydrogens is 300 g/mol. The van der Waals surface area contributed by atoms with Crippen molar-refractivity contribution in [2.75, 3.05) is 5.32 Å². The van der Waals surface area contributed by atoms with E-state index in [1.807, 2.05) is 45.2 Å². The van der Waals surface area contributed by atoms with Gasteiger partial charge in [0.05, 0.1) is 0 Å². The number of carbonyl (C=O) groups is 1. The number of benzene rings is 1. The molecule has 2 aromatic heterocycles. The summed E-state index contributed by atoms with van der Waals surface area (Å²) < 4.78 is 0. The monoisotopic (exact) mass is 320 g/mol. The van der Waals surface area contributed by atoms with Crippen LogP contribution in [0.1, 0.15) is 30.9 Å². The lowest BCUT2D eigenvalue weighted by Crippen LogP contribution is -2.06. The van der Waals surface area contributed by atoms with Gasteiger partial charge in [-0.2, -0.15) is 0 Å². The number of aryl methyl sites for hydroxylation is 3. The minimum Gasteiger partial charge on any atom is -0.326 e. The topological polar surface area (TPSA) is 67.8 Å². The number of anilines is 1. The third-order valence-corrected chi connectivity index (χ3v) is 3.97. The van der Waals surface area contributed by atoms with E-state index in [-0.39, 0.29) is 5.91 Å². The molecular formula is C19H20N4O. The number of aromatic nitrogens is 3. The molecule has 2 heterocycles. The molecule has 1 amide bonds. The van der Waals surface area contributed by atoms with Gasteiger partial charge in [0.1, 0.15) is 5.82 Å². The first-order chi connectivity index (χ1) is 11.5. The van der Waals surface area contributed by atoms with Crippen LogP contribution >= 0.6 is 0 Å². The molecule has 0 bridgehead atoms. The molecule has 0 aliphatic carbocycles. The number of nitrogens with zero attached hydrogens (tertiary/aromatic N) is 3. The second-order valence-corrected chi connectivity index (χ2v) is 5.88. The van der Waals surface area contributed by atoms with E-state index in [0.717, 1.165) is 51.4 Å². The zero-order valence-corrected chi connectivity index (χ0v) is 14.3. The maximum absolute atomic E-state index is 11.3. The maximum atomic E-state index is 11.3. The van der Waals surface area contributed by atoms with Gasteiger partial charge >= 0.3 is 0 Å². The number of pyridine rings is 1. The van der Waals surface area contributed by atoms with Crippen LogP contribution in [-0.4, -0.2) is 20.9 Å². The predicted octanol–water partition coefficient (Wildman–Crippen LogP) is 3.83. The van der Waals surface area contributed by atoms with Crippen LogP contribution in [0, 0.1) is 13.8 Å². The summed E-state index contributed by atoms with van der Waals surface area (Å²) in [6.07, 6.45) is 2.61. The Morgan fingerprint density at radius 2 is 1.92 bits per heavy atom. The molecule has 0 aliphatic rings. The smallest absolute Gasteiger partial charge is 0.221 e. The summed E-state index contributed by atoms with van der Waals surface area (Å²) in [7, 11) is 0. The van der Waals surface area contributed by atoms with Gasteiger partial charge in [-0.3, -0.25) is 4.79 Å². The van der Waals surface area contributed by atoms with Crippen LogP contribution in [0.2, 0.25) is 0 Å². The lowest BCUT2D eigenvalue weighted by atomic mass is 9.98. The van der Waals surface area contributed by atoms with Crippen LogP contribution in [0.25, 0.3) is 22.2 Å². The summed E-state index contributed by atoms with van der Waals surface area (Å²) in [6.45, 7) is 7.56. The molecule has 5 heteroatoms. The van der Waals surface area contributed by atoms with Gasteiger partial charge in [0.15, 0.2) is 5.65 Å². The third kappa shape index (κ3) is 3.11. The fourth-order valence-corrected chi connectivity index (χ4v) is 2.72. The Balaban J connectivity index is 2.15. The van der Waals surface area contributed by atoms with Crippen LogP contribution in [0.3, 0.4) is 0 Å². The number of hydrogen-bond donors (Lipinski definition) is 1. The molecule has 0 saturated carbocycles. The normalized spacial score (nSPS) is 10.8. The molecule has 1 aromatic carbocycles. The summed E-state index contributed by atoms with van der Waals surface area (Å²) in [5.74, 6) is 0.713. The summed E-state index contributed by atoms with van der Waals surface area (Å²) in [5, 5.41) is 3.74. The van der Waals surface area contributed by atoms with Gasteiger partial charge in [0.25, 0.3) is 0 Å². The second kappa shape index (κ2) is 6.35. The van der Waals surface area contributed by atoms with E-state index >= 15 is 0 Å². The summed E-state index contributed by atoms with van der Waals surface area (Å²) in [4.78, 5) is 24.8. The molecule has 122 valence electrons. The lowest BCUT2D eigenvalue weighted by molar-refractivity contribution is -0.114. The highest BCUT2D eigenvalue weighted by molar-refractivity contribution is 5.90. The van der Waals surface area contributed by atoms with Crippen molar-refractivity contribution < 1.29 is 4.79 Å². The van der Waals surface area contributed by atoms with E-state index < -0.39 is 0 Å². The minimum atomic E-state index is -0.0846. The van der Waals surface area contributed by atoms with Crippen LogP contribution in [0.5, 0.6) is 0 Å². The molecule has 0 saturated heterocycles. The Hall–Kier alpha value is -2.82. The highest BCUT2D eigenvalue weighted by Crippen LogP contribution is 2.30. The Bertz CT molecular complexity index is 934. The van der Waals surface area contributed by atoms with Gasteiger partial charge in [-0.1, -0.05) is 13.0 Å². The highest BCUT2D eigenvalue weighted by Gasteiger charge is 2.11. The second-order valence-electron chi connectivity index (χ2n) is 5.88. The van der Waals surface area contributed by atoms with Crippen molar-refractivity contribution in [3.63, 3.8) is 0 Å². The Morgan fingerprint density at radius 1 is 1.12 bits per heavy atom. The van der Waals surface area contributed by atoms with E-state index in [0.29, 0.717) is 0 Å². The molecule has 3 aromatic rings. The SMILES string of the molecule is CCc1ncc2cc(-c3cc(NC(C)=O)ccc3C)c(C)nc2n1. The molecule has 0 fully saturated rings. The average Bonchev–Trinajstić information content (AvgIpc) is 2.55. The van der Waals surface area contributed by atoms with Crippen LogP contribution in [0.15, 0.2) is 30.5 Å². The van der Waals surface area contributed by atoms with Gasteiger partial charge in [-0.15, -0.1) is 0 Å². The number of rotatable bonds is 3. The molecule has 5 nitrogen and oxygen atoms in total. The molecule has 3 rings (SSSR count). The highest BCUT2D eigenvalue weighted by atomic mass is 16.1. The summed E-state index contributed by atoms with van der Waals surface area (Å²) >= 11 is 0. The standard InChI is InChI=1S/C19H20N4O/c1-5-18-20-10-14-8-17(12(3)21-19(14)23-18)16-9-15(22-13(4)24)7-6-11(16)2/h6-10H,5H2,1-4H3,(H,22,24). The summed E-state index contributed by atoms with van der Waals surface area (Å²) in [6, 6.07) is 7.95. The largest absolute Gasteiger partial charge is 0.326 e. The van der Waals surface area contributed by atoms with Crippen LogP contribution < -0.4 is 5.32 Å². The molecule has 0 atom stereocenters. The quantitative estimate of drug-likeness (QED) is 0.796. The number of nitrogens with one attached hydrogen (secondary N) is 1. The number of amides is 1. The fourth-order valence-electron chi connectivity index (χ4n) is 2.72. The molecule has 0 unspecified atom stereocenters. The number of fused-ring (bicyclic) bond motifs is 1. The Morgan fingerprint density at radius 3 is 2.62 bits per heavy atom. The van der Waals surface area contributed by atoms with E-state index in [9.17, 15) is 4.79 Å². The zero-order valence-electron chi connectivity index (χ0n) is 14.3. The Kier molecular flexibility index (Phi) is 4.25. The third-order valence-electron chi connectivity index (χ3n) is 3.97. The first kappa shape index (κ1) is 16.1. The minimum absolute atomic E-state index is 0.0846. The first-order valence-corrected chi connectivity index (χ1v) is 8.00. The molecule has 1 N–H and O–H groups in total. The van der Waals surface area contributed by atoms with Crippen molar-refractivity contribution in [1.29, 1.82) is 0 Å². The first-order valence-electron chi connectivity index (χ1n) is 8.00. The van der Waals surface area contributed by atoms with Gasteiger partial charge in [-0.05, 0) is 43.2 Å². The van der Waals surface area contributed by atoms with Crippen molar-refractivity contribution in [2.45, 2.75) is 34.1 Å². The van der Waals surface area contributed by atoms with Gasteiger partial charge < -0.3 is 5.32 Å². The molecule has 0 radical (unpaired) electrons. The molecule has 0 aliphatic heterocycles. The lowest BCUT2D eigenvalue weighted by Gasteiger charge is -2.12. The fraction of sp³-hybridized carbons (Fsp3) is 0.263. The van der Waals surface area contributed by atoms with E-state index in [4.69, 9.17) is 0 Å². The maximum Gasteiger partial charge on any atom is 0.221 e. The Labute approximate surface area is 141 Å². The average molecular weight is 320 g/mol. The van der Waals surface area contributed by atoms with Crippen molar-refractivity contribution in [2.24, 2.45) is 0 Å². The summed E-state index contributed by atoms with van der Waals surface area (Å²) in [5.41, 5.74) is 5.61. The van der Waals surface area contributed by atoms with E-state index in [1.165, 1.54) is 6.92 Å². The van der Waals surface area contributed by atoms with Crippen LogP contribution in [0.4, 0.5) is 5.69 Å². The van der Waals surface area contributed by atoms with Gasteiger partial charge in [0.2, 0.25) is 5.91 Å². The zero-order chi connectivity index (χ0) is 17.3. The van der Waals surface area contributed by atoms with Crippen molar-refractivity contribution >= 4 is 22.6 Å².